The van der Waals surface area contributed by atoms with Gasteiger partial charge < -0.3 is 10.1 Å². The molecule has 1 atom stereocenters. The molecule has 3 aromatic rings. The molecule has 0 spiro atoms. The summed E-state index contributed by atoms with van der Waals surface area (Å²) in [5.41, 5.74) is 1.89. The van der Waals surface area contributed by atoms with Crippen LogP contribution in [0.15, 0.2) is 71.6 Å². The lowest BCUT2D eigenvalue weighted by Crippen LogP contribution is -2.44. The fraction of sp³-hybridized carbons (Fsp3) is 0.200. The molecule has 3 aromatic carbocycles. The maximum atomic E-state index is 13.4. The van der Waals surface area contributed by atoms with Gasteiger partial charge >= 0.3 is 5.97 Å². The molecule has 0 aliphatic rings. The Labute approximate surface area is 202 Å². The number of nitrogens with one attached hydrogen (secondary N) is 2. The fourth-order valence-electron chi connectivity index (χ4n) is 3.23. The Bertz CT molecular complexity index is 1320. The van der Waals surface area contributed by atoms with Crippen LogP contribution >= 0.6 is 0 Å². The number of sulfonamides is 1. The van der Waals surface area contributed by atoms with E-state index < -0.39 is 39.6 Å². The summed E-state index contributed by atoms with van der Waals surface area (Å²) in [7, 11) is -2.76. The van der Waals surface area contributed by atoms with Gasteiger partial charge in [-0.05, 0) is 59.5 Å². The average molecular weight is 503 g/mol. The first-order valence-electron chi connectivity index (χ1n) is 10.6. The molecule has 35 heavy (non-hydrogen) atoms. The smallest absolute Gasteiger partial charge is 0.324 e. The zero-order valence-corrected chi connectivity index (χ0v) is 20.0. The van der Waals surface area contributed by atoms with Crippen molar-refractivity contribution in [1.29, 1.82) is 0 Å². The van der Waals surface area contributed by atoms with E-state index in [0.29, 0.717) is 5.69 Å². The number of halogens is 2. The van der Waals surface area contributed by atoms with E-state index in [-0.39, 0.29) is 16.4 Å². The molecule has 184 valence electrons. The van der Waals surface area contributed by atoms with Crippen molar-refractivity contribution in [3.05, 3.63) is 83.9 Å². The Morgan fingerprint density at radius 2 is 1.43 bits per heavy atom. The van der Waals surface area contributed by atoms with E-state index in [1.165, 1.54) is 25.3 Å². The lowest BCUT2D eigenvalue weighted by Gasteiger charge is -2.19. The Morgan fingerprint density at radius 3 is 1.94 bits per heavy atom. The second-order valence-electron chi connectivity index (χ2n) is 8.05. The van der Waals surface area contributed by atoms with Gasteiger partial charge in [-0.25, -0.2) is 17.2 Å². The molecule has 0 heterocycles. The molecule has 0 radical (unpaired) electrons. The lowest BCUT2D eigenvalue weighted by atomic mass is 10.1. The lowest BCUT2D eigenvalue weighted by molar-refractivity contribution is -0.143. The van der Waals surface area contributed by atoms with Crippen LogP contribution in [0, 0.1) is 17.6 Å². The number of rotatable bonds is 8. The number of amides is 1. The molecule has 7 nitrogen and oxygen atoms in total. The van der Waals surface area contributed by atoms with Gasteiger partial charge in [0.25, 0.3) is 5.91 Å². The number of methoxy groups -OCH3 is 1. The van der Waals surface area contributed by atoms with Crippen LogP contribution in [0.5, 0.6) is 0 Å². The number of carbonyl (C=O) groups is 2. The molecule has 0 aromatic heterocycles. The highest BCUT2D eigenvalue weighted by Crippen LogP contribution is 2.24. The summed E-state index contributed by atoms with van der Waals surface area (Å²) in [6.07, 6.45) is 0. The van der Waals surface area contributed by atoms with Crippen molar-refractivity contribution >= 4 is 27.6 Å². The third kappa shape index (κ3) is 6.28. The topological polar surface area (TPSA) is 102 Å². The summed E-state index contributed by atoms with van der Waals surface area (Å²) in [6, 6.07) is 14.6. The summed E-state index contributed by atoms with van der Waals surface area (Å²) in [4.78, 5) is 24.1. The van der Waals surface area contributed by atoms with Gasteiger partial charge in [-0.1, -0.05) is 38.1 Å². The van der Waals surface area contributed by atoms with Crippen LogP contribution in [-0.4, -0.2) is 33.4 Å². The predicted octanol–water partition coefficient (Wildman–Crippen LogP) is 4.36. The van der Waals surface area contributed by atoms with Crippen LogP contribution in [-0.2, 0) is 19.6 Å². The highest BCUT2D eigenvalue weighted by atomic mass is 32.2. The number of hydrogen-bond acceptors (Lipinski definition) is 5. The van der Waals surface area contributed by atoms with Crippen LogP contribution in [0.1, 0.15) is 24.2 Å². The number of hydrogen-bond donors (Lipinski definition) is 2. The van der Waals surface area contributed by atoms with Gasteiger partial charge in [0.2, 0.25) is 10.0 Å². The predicted molar refractivity (Wildman–Crippen MR) is 127 cm³/mol. The number of benzene rings is 3. The molecule has 1 amide bonds. The number of ether oxygens (including phenoxy) is 1. The molecular weight excluding hydrogens is 478 g/mol. The summed E-state index contributed by atoms with van der Waals surface area (Å²) >= 11 is 0. The second-order valence-corrected chi connectivity index (χ2v) is 9.76. The van der Waals surface area contributed by atoms with Crippen molar-refractivity contribution in [2.75, 3.05) is 12.4 Å². The largest absolute Gasteiger partial charge is 0.468 e. The summed E-state index contributed by atoms with van der Waals surface area (Å²) < 4.78 is 58.9. The molecule has 0 saturated heterocycles. The maximum Gasteiger partial charge on any atom is 0.324 e. The Hall–Kier alpha value is -3.63. The van der Waals surface area contributed by atoms with Crippen molar-refractivity contribution in [2.45, 2.75) is 24.8 Å². The van der Waals surface area contributed by atoms with E-state index in [9.17, 15) is 26.8 Å². The van der Waals surface area contributed by atoms with Gasteiger partial charge in [-0.15, -0.1) is 0 Å². The van der Waals surface area contributed by atoms with E-state index in [4.69, 9.17) is 0 Å². The first-order valence-corrected chi connectivity index (χ1v) is 12.1. The molecule has 0 aliphatic carbocycles. The van der Waals surface area contributed by atoms with Crippen LogP contribution < -0.4 is 10.0 Å². The number of esters is 1. The van der Waals surface area contributed by atoms with E-state index in [1.807, 2.05) is 0 Å². The van der Waals surface area contributed by atoms with Crippen molar-refractivity contribution in [2.24, 2.45) is 5.92 Å². The third-order valence-corrected chi connectivity index (χ3v) is 6.68. The monoisotopic (exact) mass is 502 g/mol. The van der Waals surface area contributed by atoms with E-state index in [1.54, 1.807) is 50.2 Å². The minimum absolute atomic E-state index is 0.00813. The average Bonchev–Trinajstić information content (AvgIpc) is 2.84. The van der Waals surface area contributed by atoms with Crippen LogP contribution in [0.3, 0.4) is 0 Å². The van der Waals surface area contributed by atoms with Crippen molar-refractivity contribution < 1.29 is 31.5 Å². The third-order valence-electron chi connectivity index (χ3n) is 5.23. The van der Waals surface area contributed by atoms with Crippen molar-refractivity contribution in [3.63, 3.8) is 0 Å². The summed E-state index contributed by atoms with van der Waals surface area (Å²) in [5, 5.41) is 2.60. The van der Waals surface area contributed by atoms with Crippen LogP contribution in [0.25, 0.3) is 11.1 Å². The fourth-order valence-corrected chi connectivity index (χ4v) is 4.56. The van der Waals surface area contributed by atoms with Gasteiger partial charge in [0, 0.05) is 11.3 Å². The molecule has 2 N–H and O–H groups in total. The van der Waals surface area contributed by atoms with Crippen LogP contribution in [0.4, 0.5) is 14.5 Å². The van der Waals surface area contributed by atoms with Crippen molar-refractivity contribution in [3.8, 4) is 11.1 Å². The zero-order valence-electron chi connectivity index (χ0n) is 19.2. The first-order chi connectivity index (χ1) is 16.5. The van der Waals surface area contributed by atoms with Gasteiger partial charge in [0.1, 0.15) is 6.04 Å². The zero-order chi connectivity index (χ0) is 25.8. The molecule has 10 heteroatoms. The Morgan fingerprint density at radius 1 is 0.857 bits per heavy atom. The maximum absolute atomic E-state index is 13.4. The SMILES string of the molecule is COC(=O)[C@@H](NS(=O)(=O)c1ccc(-c2ccc(NC(=O)c3ccc(F)c(F)c3)cc2)cc1)C(C)C. The van der Waals surface area contributed by atoms with E-state index >= 15 is 0 Å². The van der Waals surface area contributed by atoms with E-state index in [0.717, 1.165) is 23.3 Å². The highest BCUT2D eigenvalue weighted by Gasteiger charge is 2.29. The quantitative estimate of drug-likeness (QED) is 0.446. The number of anilines is 1. The van der Waals surface area contributed by atoms with Crippen LogP contribution in [0.2, 0.25) is 0 Å². The molecule has 0 aliphatic heterocycles. The molecular formula is C25H24F2N2O5S. The Kier molecular flexibility index (Phi) is 7.98. The van der Waals surface area contributed by atoms with E-state index in [2.05, 4.69) is 14.8 Å². The minimum atomic E-state index is -3.96. The van der Waals surface area contributed by atoms with Gasteiger partial charge in [0.15, 0.2) is 11.6 Å². The minimum Gasteiger partial charge on any atom is -0.468 e. The van der Waals surface area contributed by atoms with Gasteiger partial charge in [0.05, 0.1) is 12.0 Å². The summed E-state index contributed by atoms with van der Waals surface area (Å²) in [6.45, 7) is 3.41. The first kappa shape index (κ1) is 26.0. The van der Waals surface area contributed by atoms with Gasteiger partial charge in [-0.3, -0.25) is 9.59 Å². The highest BCUT2D eigenvalue weighted by molar-refractivity contribution is 7.89. The van der Waals surface area contributed by atoms with Crippen molar-refractivity contribution in [1.82, 2.24) is 4.72 Å². The molecule has 0 bridgehead atoms. The Balaban J connectivity index is 1.72. The van der Waals surface area contributed by atoms with Gasteiger partial charge in [-0.2, -0.15) is 4.72 Å². The molecule has 3 rings (SSSR count). The summed E-state index contributed by atoms with van der Waals surface area (Å²) in [5.74, 6) is -3.72. The second kappa shape index (κ2) is 10.7. The standard InChI is InChI=1S/C25H24F2N2O5S/c1-15(2)23(25(31)34-3)29-35(32,33)20-11-6-17(7-12-20)16-4-9-19(10-5-16)28-24(30)18-8-13-21(26)22(27)14-18/h4-15,23,29H,1-3H3,(H,28,30)/t23-/m0/s1. The number of carbonyl (C=O) groups excluding carboxylic acids is 2. The normalized spacial score (nSPS) is 12.3. The molecule has 0 unspecified atom stereocenters. The molecule has 0 saturated carbocycles. The molecule has 0 fully saturated rings.